The van der Waals surface area contributed by atoms with Gasteiger partial charge in [0.25, 0.3) is 0 Å². The SMILES string of the molecule is C#CC=C[C@@H]1CCC[C@H](O)C1. The van der Waals surface area contributed by atoms with Gasteiger partial charge in [-0.05, 0) is 31.3 Å². The Morgan fingerprint density at radius 3 is 2.91 bits per heavy atom. The summed E-state index contributed by atoms with van der Waals surface area (Å²) in [5.74, 6) is 2.98. The van der Waals surface area contributed by atoms with E-state index in [0.29, 0.717) is 5.92 Å². The molecule has 0 heterocycles. The largest absolute Gasteiger partial charge is 0.393 e. The second-order valence-electron chi connectivity index (χ2n) is 3.11. The van der Waals surface area contributed by atoms with Crippen molar-refractivity contribution in [2.75, 3.05) is 0 Å². The number of rotatable bonds is 1. The third kappa shape index (κ3) is 2.78. The zero-order chi connectivity index (χ0) is 8.10. The fraction of sp³-hybridized carbons (Fsp3) is 0.600. The lowest BCUT2D eigenvalue weighted by atomic mass is 9.87. The van der Waals surface area contributed by atoms with E-state index >= 15 is 0 Å². The first kappa shape index (κ1) is 8.36. The minimum absolute atomic E-state index is 0.101. The highest BCUT2D eigenvalue weighted by molar-refractivity contribution is 5.10. The monoisotopic (exact) mass is 150 g/mol. The third-order valence-electron chi connectivity index (χ3n) is 2.15. The first-order valence-corrected chi connectivity index (χ1v) is 4.14. The quantitative estimate of drug-likeness (QED) is 0.564. The molecule has 0 radical (unpaired) electrons. The Morgan fingerprint density at radius 1 is 1.45 bits per heavy atom. The fourth-order valence-electron chi connectivity index (χ4n) is 1.57. The van der Waals surface area contributed by atoms with Crippen LogP contribution < -0.4 is 0 Å². The molecule has 1 fully saturated rings. The smallest absolute Gasteiger partial charge is 0.0545 e. The molecule has 0 aliphatic heterocycles. The van der Waals surface area contributed by atoms with Crippen LogP contribution in [0.5, 0.6) is 0 Å². The van der Waals surface area contributed by atoms with Crippen molar-refractivity contribution in [3.63, 3.8) is 0 Å². The minimum Gasteiger partial charge on any atom is -0.393 e. The summed E-state index contributed by atoms with van der Waals surface area (Å²) in [6, 6.07) is 0. The summed E-state index contributed by atoms with van der Waals surface area (Å²) < 4.78 is 0. The van der Waals surface area contributed by atoms with Gasteiger partial charge in [-0.25, -0.2) is 0 Å². The second kappa shape index (κ2) is 4.20. The summed E-state index contributed by atoms with van der Waals surface area (Å²) >= 11 is 0. The first-order valence-electron chi connectivity index (χ1n) is 4.14. The number of hydrogen-bond donors (Lipinski definition) is 1. The molecule has 1 rings (SSSR count). The third-order valence-corrected chi connectivity index (χ3v) is 2.15. The van der Waals surface area contributed by atoms with E-state index in [0.717, 1.165) is 19.3 Å². The standard InChI is InChI=1S/C10H14O/c1-2-3-5-9-6-4-7-10(11)8-9/h1,3,5,9-11H,4,6-8H2/t9-,10+/m1/s1. The van der Waals surface area contributed by atoms with E-state index in [2.05, 4.69) is 5.92 Å². The summed E-state index contributed by atoms with van der Waals surface area (Å²) in [5.41, 5.74) is 0. The molecule has 1 aliphatic carbocycles. The average molecular weight is 150 g/mol. The number of aliphatic hydroxyl groups is 1. The van der Waals surface area contributed by atoms with Crippen LogP contribution in [0, 0.1) is 18.3 Å². The van der Waals surface area contributed by atoms with Gasteiger partial charge in [-0.2, -0.15) is 0 Å². The number of hydrogen-bond acceptors (Lipinski definition) is 1. The Bertz CT molecular complexity index is 176. The molecule has 1 saturated carbocycles. The van der Waals surface area contributed by atoms with Crippen molar-refractivity contribution in [1.82, 2.24) is 0 Å². The lowest BCUT2D eigenvalue weighted by Gasteiger charge is -2.22. The van der Waals surface area contributed by atoms with Crippen molar-refractivity contribution < 1.29 is 5.11 Å². The Hall–Kier alpha value is -0.740. The molecule has 11 heavy (non-hydrogen) atoms. The second-order valence-corrected chi connectivity index (χ2v) is 3.11. The van der Waals surface area contributed by atoms with E-state index in [4.69, 9.17) is 6.42 Å². The predicted octanol–water partition coefficient (Wildman–Crippen LogP) is 1.73. The van der Waals surface area contributed by atoms with Gasteiger partial charge in [-0.15, -0.1) is 6.42 Å². The van der Waals surface area contributed by atoms with Gasteiger partial charge in [0, 0.05) is 0 Å². The molecule has 1 N–H and O–H groups in total. The molecule has 0 aromatic heterocycles. The van der Waals surface area contributed by atoms with E-state index in [1.54, 1.807) is 6.08 Å². The molecule has 0 aromatic rings. The fourth-order valence-corrected chi connectivity index (χ4v) is 1.57. The van der Waals surface area contributed by atoms with Crippen molar-refractivity contribution in [1.29, 1.82) is 0 Å². The molecule has 0 amide bonds. The summed E-state index contributed by atoms with van der Waals surface area (Å²) in [6.45, 7) is 0. The normalized spacial score (nSPS) is 32.0. The topological polar surface area (TPSA) is 20.2 Å². The molecule has 0 saturated heterocycles. The zero-order valence-corrected chi connectivity index (χ0v) is 6.66. The van der Waals surface area contributed by atoms with Crippen LogP contribution in [0.1, 0.15) is 25.7 Å². The summed E-state index contributed by atoms with van der Waals surface area (Å²) in [4.78, 5) is 0. The molecule has 60 valence electrons. The van der Waals surface area contributed by atoms with Gasteiger partial charge in [-0.1, -0.05) is 18.4 Å². The van der Waals surface area contributed by atoms with Crippen LogP contribution in [0.2, 0.25) is 0 Å². The highest BCUT2D eigenvalue weighted by Crippen LogP contribution is 2.24. The zero-order valence-electron chi connectivity index (χ0n) is 6.66. The van der Waals surface area contributed by atoms with Gasteiger partial charge < -0.3 is 5.11 Å². The molecule has 1 nitrogen and oxygen atoms in total. The first-order chi connectivity index (χ1) is 5.33. The van der Waals surface area contributed by atoms with Crippen LogP contribution in [0.3, 0.4) is 0 Å². The average Bonchev–Trinajstić information content (AvgIpc) is 2.01. The van der Waals surface area contributed by atoms with E-state index in [1.165, 1.54) is 6.42 Å². The number of allylic oxidation sites excluding steroid dienone is 2. The summed E-state index contributed by atoms with van der Waals surface area (Å²) in [5, 5.41) is 9.29. The summed E-state index contributed by atoms with van der Waals surface area (Å²) in [6.07, 6.45) is 12.9. The van der Waals surface area contributed by atoms with Gasteiger partial charge in [0.1, 0.15) is 0 Å². The Kier molecular flexibility index (Phi) is 3.19. The van der Waals surface area contributed by atoms with Crippen LogP contribution in [0.4, 0.5) is 0 Å². The van der Waals surface area contributed by atoms with E-state index in [9.17, 15) is 5.11 Å². The van der Waals surface area contributed by atoms with E-state index in [1.807, 2.05) is 6.08 Å². The Morgan fingerprint density at radius 2 is 2.27 bits per heavy atom. The van der Waals surface area contributed by atoms with E-state index in [-0.39, 0.29) is 6.10 Å². The van der Waals surface area contributed by atoms with Crippen LogP contribution in [0.25, 0.3) is 0 Å². The lowest BCUT2D eigenvalue weighted by molar-refractivity contribution is 0.113. The van der Waals surface area contributed by atoms with Gasteiger partial charge in [0.15, 0.2) is 0 Å². The van der Waals surface area contributed by atoms with Crippen LogP contribution in [-0.4, -0.2) is 11.2 Å². The molecule has 1 heteroatoms. The van der Waals surface area contributed by atoms with Crippen molar-refractivity contribution in [3.8, 4) is 12.3 Å². The molecule has 2 atom stereocenters. The van der Waals surface area contributed by atoms with Crippen molar-refractivity contribution in [2.45, 2.75) is 31.8 Å². The van der Waals surface area contributed by atoms with Crippen LogP contribution in [0.15, 0.2) is 12.2 Å². The Balaban J connectivity index is 2.35. The predicted molar refractivity (Wildman–Crippen MR) is 45.9 cm³/mol. The van der Waals surface area contributed by atoms with Crippen LogP contribution >= 0.6 is 0 Å². The highest BCUT2D eigenvalue weighted by Gasteiger charge is 2.17. The van der Waals surface area contributed by atoms with Crippen LogP contribution in [-0.2, 0) is 0 Å². The van der Waals surface area contributed by atoms with Gasteiger partial charge in [0.2, 0.25) is 0 Å². The van der Waals surface area contributed by atoms with E-state index < -0.39 is 0 Å². The van der Waals surface area contributed by atoms with Gasteiger partial charge in [0.05, 0.1) is 6.10 Å². The van der Waals surface area contributed by atoms with Gasteiger partial charge >= 0.3 is 0 Å². The molecule has 0 aromatic carbocycles. The van der Waals surface area contributed by atoms with Gasteiger partial charge in [-0.3, -0.25) is 0 Å². The molecular formula is C10H14O. The summed E-state index contributed by atoms with van der Waals surface area (Å²) in [7, 11) is 0. The maximum Gasteiger partial charge on any atom is 0.0545 e. The molecular weight excluding hydrogens is 136 g/mol. The van der Waals surface area contributed by atoms with Crippen molar-refractivity contribution >= 4 is 0 Å². The highest BCUT2D eigenvalue weighted by atomic mass is 16.3. The number of terminal acetylenes is 1. The molecule has 0 unspecified atom stereocenters. The van der Waals surface area contributed by atoms with Crippen molar-refractivity contribution in [3.05, 3.63) is 12.2 Å². The molecule has 1 aliphatic rings. The molecule has 0 bridgehead atoms. The minimum atomic E-state index is -0.101. The number of aliphatic hydroxyl groups excluding tert-OH is 1. The molecule has 0 spiro atoms. The van der Waals surface area contributed by atoms with Crippen molar-refractivity contribution in [2.24, 2.45) is 5.92 Å². The maximum absolute atomic E-state index is 9.29. The Labute approximate surface area is 68.1 Å². The maximum atomic E-state index is 9.29. The lowest BCUT2D eigenvalue weighted by Crippen LogP contribution is -2.17.